The third-order valence-electron chi connectivity index (χ3n) is 8.88. The summed E-state index contributed by atoms with van der Waals surface area (Å²) < 4.78 is 24.1. The molecule has 5 rings (SSSR count). The quantitative estimate of drug-likeness (QED) is 0.248. The van der Waals surface area contributed by atoms with Crippen molar-refractivity contribution in [3.05, 3.63) is 53.2 Å². The molecule has 7 nitrogen and oxygen atoms in total. The van der Waals surface area contributed by atoms with E-state index in [1.165, 1.54) is 57.0 Å². The highest BCUT2D eigenvalue weighted by atomic mass is 31.2. The van der Waals surface area contributed by atoms with E-state index in [1.807, 2.05) is 12.1 Å². The molecule has 1 unspecified atom stereocenters. The fraction of sp³-hybridized carbons (Fsp3) is 0.667. The van der Waals surface area contributed by atoms with Crippen LogP contribution >= 0.6 is 7.37 Å². The van der Waals surface area contributed by atoms with Crippen LogP contribution in [0.1, 0.15) is 97.6 Å². The molecule has 8 heteroatoms. The van der Waals surface area contributed by atoms with E-state index in [0.29, 0.717) is 24.6 Å². The van der Waals surface area contributed by atoms with E-state index in [1.54, 1.807) is 0 Å². The highest BCUT2D eigenvalue weighted by molar-refractivity contribution is 7.57. The topological polar surface area (TPSA) is 102 Å². The fourth-order valence-electron chi connectivity index (χ4n) is 6.83. The molecule has 1 saturated carbocycles. The summed E-state index contributed by atoms with van der Waals surface area (Å²) in [4.78, 5) is 27.2. The summed E-state index contributed by atoms with van der Waals surface area (Å²) in [7, 11) is -3.07. The minimum absolute atomic E-state index is 0.00830. The molecular formula is C30H43N2O5P. The number of rotatable bonds is 12. The molecule has 2 bridgehead atoms. The number of nitrogens with zero attached hydrogens (tertiary/aromatic N) is 1. The number of carbonyl (C=O) groups is 1. The minimum atomic E-state index is -3.07. The van der Waals surface area contributed by atoms with Gasteiger partial charge in [0.05, 0.1) is 18.1 Å². The molecule has 0 radical (unpaired) electrons. The second-order valence-corrected chi connectivity index (χ2v) is 14.4. The summed E-state index contributed by atoms with van der Waals surface area (Å²) in [5.41, 5.74) is 2.64. The van der Waals surface area contributed by atoms with Gasteiger partial charge < -0.3 is 19.4 Å². The molecule has 1 amide bonds. The van der Waals surface area contributed by atoms with E-state index in [2.05, 4.69) is 22.4 Å². The number of nitrogens with one attached hydrogen (secondary N) is 1. The van der Waals surface area contributed by atoms with E-state index >= 15 is 0 Å². The number of unbranched alkanes of at least 4 members (excludes halogenated alkanes) is 1. The van der Waals surface area contributed by atoms with Crippen molar-refractivity contribution < 1.29 is 23.4 Å². The summed E-state index contributed by atoms with van der Waals surface area (Å²) in [6, 6.07) is 8.17. The van der Waals surface area contributed by atoms with Crippen LogP contribution in [-0.4, -0.2) is 47.4 Å². The first-order valence-electron chi connectivity index (χ1n) is 14.6. The van der Waals surface area contributed by atoms with Crippen LogP contribution in [0.3, 0.4) is 0 Å². The maximum absolute atomic E-state index is 12.8. The number of oxazole rings is 1. The number of benzene rings is 1. The Morgan fingerprint density at radius 3 is 2.63 bits per heavy atom. The molecule has 0 spiro atoms. The van der Waals surface area contributed by atoms with Gasteiger partial charge in [0, 0.05) is 25.3 Å². The van der Waals surface area contributed by atoms with Crippen molar-refractivity contribution in [1.82, 2.24) is 10.3 Å². The Morgan fingerprint density at radius 2 is 1.84 bits per heavy atom. The average Bonchev–Trinajstić information content (AvgIpc) is 3.65. The lowest BCUT2D eigenvalue weighted by Crippen LogP contribution is -2.28. The molecule has 208 valence electrons. The molecule has 2 aliphatic heterocycles. The van der Waals surface area contributed by atoms with Crippen LogP contribution < -0.4 is 5.32 Å². The van der Waals surface area contributed by atoms with E-state index < -0.39 is 7.37 Å². The van der Waals surface area contributed by atoms with Gasteiger partial charge in [-0.2, -0.15) is 0 Å². The largest absolute Gasteiger partial charge is 0.448 e. The number of aromatic nitrogens is 1. The maximum Gasteiger partial charge on any atom is 0.273 e. The number of hydrogen-bond acceptors (Lipinski definition) is 5. The standard InChI is InChI=1S/C30H43N2O5P/c1-38(34,35)18-16-22-12-5-6-13-23(22)19-24-26-14-15-27(37-26)28(24)30-32-25(20-36-30)29(33)31-17-8-7-11-21-9-3-2-4-10-21/h5-6,12-13,20-21,24,26-28H,2-4,7-11,14-19H2,1H3,(H,31,33)(H,34,35)/t24-,26-,27+,28-/m1/s1. The fourth-order valence-corrected chi connectivity index (χ4v) is 7.49. The highest BCUT2D eigenvalue weighted by Gasteiger charge is 2.51. The van der Waals surface area contributed by atoms with E-state index in [-0.39, 0.29) is 36.1 Å². The van der Waals surface area contributed by atoms with E-state index in [0.717, 1.165) is 43.6 Å². The summed E-state index contributed by atoms with van der Waals surface area (Å²) >= 11 is 0. The number of amides is 1. The van der Waals surface area contributed by atoms with E-state index in [4.69, 9.17) is 9.15 Å². The van der Waals surface area contributed by atoms with Crippen LogP contribution in [0.5, 0.6) is 0 Å². The third-order valence-corrected chi connectivity index (χ3v) is 9.94. The van der Waals surface area contributed by atoms with Crippen molar-refractivity contribution in [2.75, 3.05) is 19.4 Å². The molecule has 1 aromatic carbocycles. The van der Waals surface area contributed by atoms with Crippen molar-refractivity contribution in [2.45, 2.75) is 95.2 Å². The third kappa shape index (κ3) is 6.97. The average molecular weight is 543 g/mol. The highest BCUT2D eigenvalue weighted by Crippen LogP contribution is 2.50. The molecule has 2 N–H and O–H groups in total. The summed E-state index contributed by atoms with van der Waals surface area (Å²) in [5.74, 6) is 1.51. The molecule has 2 aromatic rings. The van der Waals surface area contributed by atoms with Crippen LogP contribution in [0, 0.1) is 11.8 Å². The Hall–Kier alpha value is -1.95. The van der Waals surface area contributed by atoms with Gasteiger partial charge in [-0.15, -0.1) is 0 Å². The zero-order chi connectivity index (χ0) is 26.5. The van der Waals surface area contributed by atoms with Crippen LogP contribution in [0.15, 0.2) is 34.9 Å². The van der Waals surface area contributed by atoms with Gasteiger partial charge in [0.25, 0.3) is 5.91 Å². The number of carbonyl (C=O) groups excluding carboxylic acids is 1. The Labute approximate surface area is 226 Å². The minimum Gasteiger partial charge on any atom is -0.448 e. The SMILES string of the molecule is CP(=O)(O)CCc1ccccc1C[C@H]1[C@@H](c2nc(C(=O)NCCCCC3CCCCC3)co2)[C@@H]2CC[C@H]1O2. The predicted molar refractivity (Wildman–Crippen MR) is 148 cm³/mol. The van der Waals surface area contributed by atoms with Crippen LogP contribution in [0.25, 0.3) is 0 Å². The zero-order valence-electron chi connectivity index (χ0n) is 22.6. The first-order chi connectivity index (χ1) is 18.4. The molecule has 3 fully saturated rings. The van der Waals surface area contributed by atoms with Gasteiger partial charge in [-0.1, -0.05) is 69.2 Å². The number of aryl methyl sites for hydroxylation is 1. The summed E-state index contributed by atoms with van der Waals surface area (Å²) in [6.45, 7) is 2.09. The van der Waals surface area contributed by atoms with Crippen LogP contribution in [-0.2, 0) is 22.1 Å². The van der Waals surface area contributed by atoms with Gasteiger partial charge in [-0.3, -0.25) is 9.36 Å². The maximum atomic E-state index is 12.8. The molecule has 3 heterocycles. The normalized spacial score (nSPS) is 26.9. The van der Waals surface area contributed by atoms with Crippen LogP contribution in [0.2, 0.25) is 0 Å². The Kier molecular flexibility index (Phi) is 9.07. The molecular weight excluding hydrogens is 499 g/mol. The number of ether oxygens (including phenoxy) is 1. The van der Waals surface area contributed by atoms with Gasteiger partial charge in [0.15, 0.2) is 13.1 Å². The first kappa shape index (κ1) is 27.6. The predicted octanol–water partition coefficient (Wildman–Crippen LogP) is 6.10. The van der Waals surface area contributed by atoms with E-state index in [9.17, 15) is 14.3 Å². The monoisotopic (exact) mass is 542 g/mol. The van der Waals surface area contributed by atoms with Gasteiger partial charge in [0.1, 0.15) is 6.26 Å². The second kappa shape index (κ2) is 12.5. The number of fused-ring (bicyclic) bond motifs is 2. The Balaban J connectivity index is 1.18. The second-order valence-electron chi connectivity index (χ2n) is 11.8. The van der Waals surface area contributed by atoms with Crippen molar-refractivity contribution >= 4 is 13.3 Å². The van der Waals surface area contributed by atoms with Gasteiger partial charge >= 0.3 is 0 Å². The van der Waals surface area contributed by atoms with Crippen molar-refractivity contribution in [3.63, 3.8) is 0 Å². The number of hydrogen-bond donors (Lipinski definition) is 2. The van der Waals surface area contributed by atoms with Crippen molar-refractivity contribution in [1.29, 1.82) is 0 Å². The lowest BCUT2D eigenvalue weighted by Gasteiger charge is -2.26. The Bertz CT molecular complexity index is 1120. The molecule has 2 saturated heterocycles. The molecule has 3 aliphatic rings. The molecule has 5 atom stereocenters. The van der Waals surface area contributed by atoms with Crippen molar-refractivity contribution in [3.8, 4) is 0 Å². The zero-order valence-corrected chi connectivity index (χ0v) is 23.5. The first-order valence-corrected chi connectivity index (χ1v) is 16.9. The van der Waals surface area contributed by atoms with Crippen molar-refractivity contribution in [2.24, 2.45) is 11.8 Å². The smallest absolute Gasteiger partial charge is 0.273 e. The lowest BCUT2D eigenvalue weighted by molar-refractivity contribution is 0.0897. The van der Waals surface area contributed by atoms with Crippen LogP contribution in [0.4, 0.5) is 0 Å². The molecule has 38 heavy (non-hydrogen) atoms. The van der Waals surface area contributed by atoms with Gasteiger partial charge in [-0.05, 0) is 49.1 Å². The van der Waals surface area contributed by atoms with Gasteiger partial charge in [0.2, 0.25) is 5.89 Å². The summed E-state index contributed by atoms with van der Waals surface area (Å²) in [6.07, 6.45) is 15.7. The Morgan fingerprint density at radius 1 is 1.08 bits per heavy atom. The molecule has 1 aliphatic carbocycles. The van der Waals surface area contributed by atoms with Gasteiger partial charge in [-0.25, -0.2) is 4.98 Å². The summed E-state index contributed by atoms with van der Waals surface area (Å²) in [5, 5.41) is 3.02. The lowest BCUT2D eigenvalue weighted by atomic mass is 9.75. The molecule has 1 aromatic heterocycles.